The Morgan fingerprint density at radius 2 is 2.00 bits per heavy atom. The number of morpholine rings is 1. The molecule has 0 unspecified atom stereocenters. The summed E-state index contributed by atoms with van der Waals surface area (Å²) in [4.78, 5) is 20.6. The first kappa shape index (κ1) is 13.3. The van der Waals surface area contributed by atoms with Crippen LogP contribution in [0.5, 0.6) is 0 Å². The summed E-state index contributed by atoms with van der Waals surface area (Å²) in [5, 5.41) is 3.20. The summed E-state index contributed by atoms with van der Waals surface area (Å²) in [5.74, 6) is 0.117. The molecule has 1 aromatic rings. The quantitative estimate of drug-likeness (QED) is 0.805. The third-order valence-electron chi connectivity index (χ3n) is 3.82. The first-order valence-corrected chi connectivity index (χ1v) is 7.11. The van der Waals surface area contributed by atoms with Crippen LogP contribution in [-0.4, -0.2) is 67.8 Å². The Balaban J connectivity index is 1.54. The molecule has 2 aliphatic rings. The Bertz CT molecular complexity index is 440. The lowest BCUT2D eigenvalue weighted by Crippen LogP contribution is -2.55. The maximum atomic E-state index is 12.3. The van der Waals surface area contributed by atoms with Crippen molar-refractivity contribution >= 4 is 11.6 Å². The molecule has 0 aromatic carbocycles. The fourth-order valence-electron chi connectivity index (χ4n) is 2.67. The maximum absolute atomic E-state index is 12.3. The molecular formula is C14H20N4O2. The van der Waals surface area contributed by atoms with Crippen molar-refractivity contribution in [2.45, 2.75) is 6.10 Å². The number of ether oxygens (including phenoxy) is 1. The first-order valence-electron chi connectivity index (χ1n) is 7.11. The predicted octanol–water partition coefficient (Wildman–Crippen LogP) is -0.281. The number of amides is 1. The van der Waals surface area contributed by atoms with Gasteiger partial charge in [-0.3, -0.25) is 9.78 Å². The molecule has 3 heterocycles. The molecule has 3 rings (SSSR count). The van der Waals surface area contributed by atoms with Crippen molar-refractivity contribution in [3.63, 3.8) is 0 Å². The standard InChI is InChI=1S/C14H20N4O2/c19-14(13-11-16-5-10-20-13)18-8-6-17(7-9-18)12-1-3-15-4-2-12/h1-4,13,16H,5-11H2/t13-/m1/s1. The molecule has 108 valence electrons. The number of hydrogen-bond donors (Lipinski definition) is 1. The lowest BCUT2D eigenvalue weighted by atomic mass is 10.2. The molecule has 0 bridgehead atoms. The number of pyridine rings is 1. The normalized spacial score (nSPS) is 23.7. The van der Waals surface area contributed by atoms with Crippen molar-refractivity contribution in [1.29, 1.82) is 0 Å². The van der Waals surface area contributed by atoms with Crippen molar-refractivity contribution in [2.24, 2.45) is 0 Å². The van der Waals surface area contributed by atoms with Gasteiger partial charge in [0.25, 0.3) is 5.91 Å². The van der Waals surface area contributed by atoms with E-state index in [0.717, 1.165) is 32.7 Å². The molecule has 1 amide bonds. The molecule has 0 saturated carbocycles. The molecule has 1 N–H and O–H groups in total. The third-order valence-corrected chi connectivity index (χ3v) is 3.82. The highest BCUT2D eigenvalue weighted by Gasteiger charge is 2.29. The van der Waals surface area contributed by atoms with Gasteiger partial charge in [0, 0.05) is 57.3 Å². The maximum Gasteiger partial charge on any atom is 0.253 e. The molecular weight excluding hydrogens is 256 g/mol. The average molecular weight is 276 g/mol. The Hall–Kier alpha value is -1.66. The van der Waals surface area contributed by atoms with Crippen LogP contribution in [0, 0.1) is 0 Å². The summed E-state index contributed by atoms with van der Waals surface area (Å²) in [6.45, 7) is 5.30. The van der Waals surface area contributed by atoms with E-state index in [9.17, 15) is 4.79 Å². The van der Waals surface area contributed by atoms with Gasteiger partial charge in [0.2, 0.25) is 0 Å². The van der Waals surface area contributed by atoms with E-state index in [-0.39, 0.29) is 12.0 Å². The van der Waals surface area contributed by atoms with Gasteiger partial charge in [-0.25, -0.2) is 0 Å². The second-order valence-corrected chi connectivity index (χ2v) is 5.08. The number of aromatic nitrogens is 1. The second-order valence-electron chi connectivity index (χ2n) is 5.08. The molecule has 6 heteroatoms. The molecule has 1 atom stereocenters. The van der Waals surface area contributed by atoms with Gasteiger partial charge in [0.05, 0.1) is 6.61 Å². The molecule has 6 nitrogen and oxygen atoms in total. The van der Waals surface area contributed by atoms with Gasteiger partial charge in [-0.05, 0) is 12.1 Å². The smallest absolute Gasteiger partial charge is 0.253 e. The van der Waals surface area contributed by atoms with Gasteiger partial charge in [0.15, 0.2) is 0 Å². The fourth-order valence-corrected chi connectivity index (χ4v) is 2.67. The Kier molecular flexibility index (Phi) is 4.13. The van der Waals surface area contributed by atoms with E-state index in [4.69, 9.17) is 4.74 Å². The van der Waals surface area contributed by atoms with Crippen molar-refractivity contribution in [3.05, 3.63) is 24.5 Å². The number of anilines is 1. The minimum absolute atomic E-state index is 0.117. The zero-order chi connectivity index (χ0) is 13.8. The number of piperazine rings is 1. The molecule has 1 aromatic heterocycles. The van der Waals surface area contributed by atoms with Crippen molar-refractivity contribution in [3.8, 4) is 0 Å². The highest BCUT2D eigenvalue weighted by Crippen LogP contribution is 2.15. The van der Waals surface area contributed by atoms with E-state index < -0.39 is 0 Å². The lowest BCUT2D eigenvalue weighted by molar-refractivity contribution is -0.145. The van der Waals surface area contributed by atoms with Gasteiger partial charge in [-0.15, -0.1) is 0 Å². The minimum atomic E-state index is -0.309. The zero-order valence-corrected chi connectivity index (χ0v) is 11.5. The number of hydrogen-bond acceptors (Lipinski definition) is 5. The van der Waals surface area contributed by atoms with Crippen LogP contribution in [0.25, 0.3) is 0 Å². The van der Waals surface area contributed by atoms with Gasteiger partial charge >= 0.3 is 0 Å². The number of nitrogens with zero attached hydrogens (tertiary/aromatic N) is 3. The van der Waals surface area contributed by atoms with Crippen LogP contribution in [0.3, 0.4) is 0 Å². The van der Waals surface area contributed by atoms with Gasteiger partial charge < -0.3 is 19.9 Å². The molecule has 0 radical (unpaired) electrons. The van der Waals surface area contributed by atoms with Gasteiger partial charge in [0.1, 0.15) is 6.10 Å². The minimum Gasteiger partial charge on any atom is -0.368 e. The Morgan fingerprint density at radius 3 is 2.65 bits per heavy atom. The van der Waals surface area contributed by atoms with Crippen LogP contribution in [0.2, 0.25) is 0 Å². The topological polar surface area (TPSA) is 57.7 Å². The van der Waals surface area contributed by atoms with E-state index >= 15 is 0 Å². The zero-order valence-electron chi connectivity index (χ0n) is 11.5. The van der Waals surface area contributed by atoms with E-state index in [0.29, 0.717) is 13.2 Å². The van der Waals surface area contributed by atoms with E-state index in [2.05, 4.69) is 15.2 Å². The number of carbonyl (C=O) groups is 1. The Morgan fingerprint density at radius 1 is 1.25 bits per heavy atom. The summed E-state index contributed by atoms with van der Waals surface area (Å²) in [7, 11) is 0. The summed E-state index contributed by atoms with van der Waals surface area (Å²) in [6, 6.07) is 4.01. The lowest BCUT2D eigenvalue weighted by Gasteiger charge is -2.38. The SMILES string of the molecule is O=C([C@H]1CNCCO1)N1CCN(c2ccncc2)CC1. The summed E-state index contributed by atoms with van der Waals surface area (Å²) in [5.41, 5.74) is 1.17. The average Bonchev–Trinajstić information content (AvgIpc) is 2.56. The number of carbonyl (C=O) groups excluding carboxylic acids is 1. The highest BCUT2D eigenvalue weighted by molar-refractivity contribution is 5.81. The van der Waals surface area contributed by atoms with Crippen LogP contribution in [0.4, 0.5) is 5.69 Å². The third kappa shape index (κ3) is 2.91. The molecule has 2 fully saturated rings. The van der Waals surface area contributed by atoms with Crippen molar-refractivity contribution in [1.82, 2.24) is 15.2 Å². The highest BCUT2D eigenvalue weighted by atomic mass is 16.5. The van der Waals surface area contributed by atoms with Crippen LogP contribution in [0.15, 0.2) is 24.5 Å². The van der Waals surface area contributed by atoms with Gasteiger partial charge in [-0.1, -0.05) is 0 Å². The van der Waals surface area contributed by atoms with E-state index in [1.165, 1.54) is 5.69 Å². The summed E-state index contributed by atoms with van der Waals surface area (Å²) >= 11 is 0. The largest absolute Gasteiger partial charge is 0.368 e. The van der Waals surface area contributed by atoms with Crippen LogP contribution >= 0.6 is 0 Å². The predicted molar refractivity (Wildman–Crippen MR) is 75.6 cm³/mol. The molecule has 2 saturated heterocycles. The van der Waals surface area contributed by atoms with Gasteiger partial charge in [-0.2, -0.15) is 0 Å². The Labute approximate surface area is 118 Å². The molecule has 0 aliphatic carbocycles. The van der Waals surface area contributed by atoms with E-state index in [1.54, 1.807) is 12.4 Å². The van der Waals surface area contributed by atoms with Crippen LogP contribution in [-0.2, 0) is 9.53 Å². The molecule has 2 aliphatic heterocycles. The molecule has 20 heavy (non-hydrogen) atoms. The second kappa shape index (κ2) is 6.19. The summed E-state index contributed by atoms with van der Waals surface area (Å²) < 4.78 is 5.53. The summed E-state index contributed by atoms with van der Waals surface area (Å²) in [6.07, 6.45) is 3.29. The van der Waals surface area contributed by atoms with Crippen LogP contribution in [0.1, 0.15) is 0 Å². The van der Waals surface area contributed by atoms with Crippen molar-refractivity contribution in [2.75, 3.05) is 50.8 Å². The fraction of sp³-hybridized carbons (Fsp3) is 0.571. The van der Waals surface area contributed by atoms with Crippen molar-refractivity contribution < 1.29 is 9.53 Å². The van der Waals surface area contributed by atoms with Crippen LogP contribution < -0.4 is 10.2 Å². The molecule has 0 spiro atoms. The van der Waals surface area contributed by atoms with E-state index in [1.807, 2.05) is 17.0 Å². The monoisotopic (exact) mass is 276 g/mol. The number of rotatable bonds is 2. The first-order chi connectivity index (χ1) is 9.84. The number of nitrogens with one attached hydrogen (secondary N) is 1.